The highest BCUT2D eigenvalue weighted by Gasteiger charge is 2.20. The first-order valence-corrected chi connectivity index (χ1v) is 14.5. The van der Waals surface area contributed by atoms with Crippen LogP contribution in [-0.4, -0.2) is 66.6 Å². The molecule has 0 saturated carbocycles. The summed E-state index contributed by atoms with van der Waals surface area (Å²) in [6.07, 6.45) is 7.23. The molecule has 4 aromatic rings. The molecule has 38 heavy (non-hydrogen) atoms. The van der Waals surface area contributed by atoms with Gasteiger partial charge in [0, 0.05) is 59.9 Å². The molecule has 0 aliphatic carbocycles. The lowest BCUT2D eigenvalue weighted by molar-refractivity contribution is 0.313. The van der Waals surface area contributed by atoms with Crippen LogP contribution in [0.15, 0.2) is 58.3 Å². The van der Waals surface area contributed by atoms with Gasteiger partial charge in [0.05, 0.1) is 6.54 Å². The number of hydrogen-bond acceptors (Lipinski definition) is 9. The second-order valence-electron chi connectivity index (χ2n) is 9.57. The van der Waals surface area contributed by atoms with Crippen LogP contribution in [0.1, 0.15) is 11.1 Å². The van der Waals surface area contributed by atoms with Crippen molar-refractivity contribution in [2.75, 3.05) is 43.8 Å². The van der Waals surface area contributed by atoms with Crippen molar-refractivity contribution in [2.24, 2.45) is 4.36 Å². The number of benzene rings is 1. The van der Waals surface area contributed by atoms with Crippen molar-refractivity contribution in [3.63, 3.8) is 0 Å². The second kappa shape index (κ2) is 10.0. The zero-order chi connectivity index (χ0) is 27.0. The number of anilines is 3. The van der Waals surface area contributed by atoms with Gasteiger partial charge in [-0.05, 0) is 48.9 Å². The molecule has 1 aromatic carbocycles. The van der Waals surface area contributed by atoms with E-state index in [4.69, 9.17) is 4.98 Å². The lowest BCUT2D eigenvalue weighted by Crippen LogP contribution is -2.27. The maximum Gasteiger partial charge on any atom is 0.278 e. The van der Waals surface area contributed by atoms with E-state index in [2.05, 4.69) is 49.6 Å². The van der Waals surface area contributed by atoms with Crippen molar-refractivity contribution >= 4 is 43.9 Å². The minimum absolute atomic E-state index is 0.239. The van der Waals surface area contributed by atoms with Gasteiger partial charge in [-0.15, -0.1) is 6.58 Å². The van der Waals surface area contributed by atoms with Crippen LogP contribution >= 0.6 is 0 Å². The number of rotatable bonds is 7. The maximum atomic E-state index is 13.3. The van der Waals surface area contributed by atoms with Crippen molar-refractivity contribution in [1.82, 2.24) is 29.2 Å². The molecule has 0 unspecified atom stereocenters. The van der Waals surface area contributed by atoms with Crippen molar-refractivity contribution in [1.29, 1.82) is 0 Å². The van der Waals surface area contributed by atoms with E-state index in [1.807, 2.05) is 13.1 Å². The predicted molar refractivity (Wildman–Crippen MR) is 153 cm³/mol. The molecule has 0 atom stereocenters. The molecule has 3 aromatic heterocycles. The SMILES string of the molecule is C=CCn1c(=O)c2cnc(Nc3cc4c(c(NC)c3)CCN(C)C4)nc2n1-c1cccc(N=S(C)(C)=O)n1. The maximum absolute atomic E-state index is 13.3. The Balaban J connectivity index is 1.62. The van der Waals surface area contributed by atoms with E-state index >= 15 is 0 Å². The summed E-state index contributed by atoms with van der Waals surface area (Å²) in [6, 6.07) is 9.35. The fourth-order valence-corrected chi connectivity index (χ4v) is 5.23. The van der Waals surface area contributed by atoms with E-state index < -0.39 is 9.73 Å². The summed E-state index contributed by atoms with van der Waals surface area (Å²) in [4.78, 5) is 29.3. The van der Waals surface area contributed by atoms with E-state index in [-0.39, 0.29) is 12.1 Å². The van der Waals surface area contributed by atoms with E-state index in [0.717, 1.165) is 30.9 Å². The van der Waals surface area contributed by atoms with Crippen LogP contribution in [0.3, 0.4) is 0 Å². The lowest BCUT2D eigenvalue weighted by Gasteiger charge is -2.27. The number of hydrogen-bond donors (Lipinski definition) is 2. The summed E-state index contributed by atoms with van der Waals surface area (Å²) in [5.74, 6) is 1.07. The Morgan fingerprint density at radius 3 is 2.79 bits per heavy atom. The van der Waals surface area contributed by atoms with Crippen LogP contribution in [0.5, 0.6) is 0 Å². The van der Waals surface area contributed by atoms with Gasteiger partial charge in [-0.3, -0.25) is 4.79 Å². The molecule has 0 fully saturated rings. The van der Waals surface area contributed by atoms with Gasteiger partial charge in [-0.25, -0.2) is 23.5 Å². The highest BCUT2D eigenvalue weighted by atomic mass is 32.2. The van der Waals surface area contributed by atoms with Crippen molar-refractivity contribution < 1.29 is 4.21 Å². The third-order valence-corrected chi connectivity index (χ3v) is 6.91. The number of nitrogens with zero attached hydrogens (tertiary/aromatic N) is 7. The summed E-state index contributed by atoms with van der Waals surface area (Å²) in [7, 11) is 1.62. The quantitative estimate of drug-likeness (QED) is 0.347. The Labute approximate surface area is 221 Å². The second-order valence-corrected chi connectivity index (χ2v) is 12.1. The van der Waals surface area contributed by atoms with E-state index in [1.165, 1.54) is 22.0 Å². The molecule has 1 aliphatic heterocycles. The third-order valence-electron chi connectivity index (χ3n) is 6.28. The Morgan fingerprint density at radius 2 is 2.05 bits per heavy atom. The Bertz CT molecular complexity index is 1720. The average molecular weight is 534 g/mol. The van der Waals surface area contributed by atoms with E-state index in [0.29, 0.717) is 28.6 Å². The van der Waals surface area contributed by atoms with Gasteiger partial charge in [-0.1, -0.05) is 12.1 Å². The molecular formula is C26H31N9O2S. The molecule has 4 heterocycles. The molecule has 0 saturated heterocycles. The molecule has 1 aliphatic rings. The van der Waals surface area contributed by atoms with Gasteiger partial charge in [0.1, 0.15) is 5.39 Å². The van der Waals surface area contributed by atoms with Crippen molar-refractivity contribution in [2.45, 2.75) is 19.5 Å². The molecule has 198 valence electrons. The summed E-state index contributed by atoms with van der Waals surface area (Å²) >= 11 is 0. The average Bonchev–Trinajstić information content (AvgIpc) is 3.13. The highest BCUT2D eigenvalue weighted by molar-refractivity contribution is 7.92. The minimum atomic E-state index is -2.42. The molecular weight excluding hydrogens is 502 g/mol. The molecule has 11 nitrogen and oxygen atoms in total. The molecule has 0 radical (unpaired) electrons. The van der Waals surface area contributed by atoms with Crippen LogP contribution in [0.25, 0.3) is 16.9 Å². The fraction of sp³-hybridized carbons (Fsp3) is 0.308. The summed E-state index contributed by atoms with van der Waals surface area (Å²) in [6.45, 7) is 5.91. The number of allylic oxidation sites excluding steroid dienone is 1. The monoisotopic (exact) mass is 533 g/mol. The summed E-state index contributed by atoms with van der Waals surface area (Å²) < 4.78 is 19.6. The first kappa shape index (κ1) is 25.6. The van der Waals surface area contributed by atoms with Crippen LogP contribution < -0.4 is 16.2 Å². The topological polar surface area (TPSA) is 122 Å². The molecule has 0 bridgehead atoms. The molecule has 12 heteroatoms. The van der Waals surface area contributed by atoms with Gasteiger partial charge in [-0.2, -0.15) is 9.35 Å². The van der Waals surface area contributed by atoms with Crippen LogP contribution in [0.4, 0.5) is 23.1 Å². The van der Waals surface area contributed by atoms with E-state index in [9.17, 15) is 9.00 Å². The minimum Gasteiger partial charge on any atom is -0.388 e. The first-order valence-electron chi connectivity index (χ1n) is 12.2. The van der Waals surface area contributed by atoms with Gasteiger partial charge in [0.15, 0.2) is 17.3 Å². The Hall–Kier alpha value is -4.03. The van der Waals surface area contributed by atoms with Crippen molar-refractivity contribution in [3.05, 3.63) is 70.7 Å². The number of fused-ring (bicyclic) bond motifs is 2. The van der Waals surface area contributed by atoms with Crippen LogP contribution in [0, 0.1) is 0 Å². The smallest absolute Gasteiger partial charge is 0.278 e. The standard InChI is InChI=1S/C26H31N9O2S/c1-6-11-34-25(36)20-15-28-26(29-18-13-17-16-33(3)12-10-19(17)21(14-18)27-2)31-24(20)35(34)23-9-7-8-22(30-23)32-38(4,5)37/h6-9,13-15,27H,1,10-12,16H2,2-5H3,(H,28,29,31). The first-order chi connectivity index (χ1) is 18.2. The van der Waals surface area contributed by atoms with Crippen LogP contribution in [0.2, 0.25) is 0 Å². The van der Waals surface area contributed by atoms with Gasteiger partial charge in [0.2, 0.25) is 5.95 Å². The Kier molecular flexibility index (Phi) is 6.76. The number of pyridine rings is 1. The molecule has 0 spiro atoms. The number of likely N-dealkylation sites (N-methyl/N-ethyl adjacent to an activating group) is 1. The summed E-state index contributed by atoms with van der Waals surface area (Å²) in [5.41, 5.74) is 4.61. The highest BCUT2D eigenvalue weighted by Crippen LogP contribution is 2.31. The summed E-state index contributed by atoms with van der Waals surface area (Å²) in [5, 5.41) is 6.97. The van der Waals surface area contributed by atoms with Gasteiger partial charge in [0.25, 0.3) is 5.56 Å². The van der Waals surface area contributed by atoms with Gasteiger partial charge >= 0.3 is 0 Å². The molecule has 2 N–H and O–H groups in total. The third kappa shape index (κ3) is 5.04. The zero-order valence-corrected chi connectivity index (χ0v) is 22.7. The molecule has 5 rings (SSSR count). The van der Waals surface area contributed by atoms with Crippen LogP contribution in [-0.2, 0) is 29.2 Å². The van der Waals surface area contributed by atoms with E-state index in [1.54, 1.807) is 41.5 Å². The predicted octanol–water partition coefficient (Wildman–Crippen LogP) is 3.30. The fourth-order valence-electron chi connectivity index (χ4n) is 4.68. The lowest BCUT2D eigenvalue weighted by atomic mass is 9.97. The number of aromatic nitrogens is 5. The largest absolute Gasteiger partial charge is 0.388 e. The van der Waals surface area contributed by atoms with Crippen molar-refractivity contribution in [3.8, 4) is 5.82 Å². The number of nitrogens with one attached hydrogen (secondary N) is 2. The molecule has 0 amide bonds. The Morgan fingerprint density at radius 1 is 1.24 bits per heavy atom. The van der Waals surface area contributed by atoms with Gasteiger partial charge < -0.3 is 15.5 Å². The zero-order valence-electron chi connectivity index (χ0n) is 21.9. The normalized spacial score (nSPS) is 13.8.